The Balaban J connectivity index is 2.05. The summed E-state index contributed by atoms with van der Waals surface area (Å²) in [5.41, 5.74) is 0.972. The molecule has 1 aliphatic heterocycles. The monoisotopic (exact) mass is 459 g/mol. The summed E-state index contributed by atoms with van der Waals surface area (Å²) in [7, 11) is 0. The molecule has 1 saturated heterocycles. The maximum Gasteiger partial charge on any atom is 0.410 e. The van der Waals surface area contributed by atoms with Crippen LogP contribution in [0.5, 0.6) is 0 Å². The van der Waals surface area contributed by atoms with Crippen molar-refractivity contribution < 1.29 is 23.8 Å². The van der Waals surface area contributed by atoms with Crippen LogP contribution < -0.4 is 0 Å². The van der Waals surface area contributed by atoms with Crippen molar-refractivity contribution >= 4 is 11.9 Å². The van der Waals surface area contributed by atoms with Crippen LogP contribution in [0.4, 0.5) is 4.79 Å². The zero-order valence-electron chi connectivity index (χ0n) is 20.8. The lowest BCUT2D eigenvalue weighted by atomic mass is 10.1. The van der Waals surface area contributed by atoms with Gasteiger partial charge in [-0.3, -0.25) is 4.79 Å². The SMILES string of the molecule is CCCC[C@@H]1CC[C@@H](C/C=C/C(=O)C(CC)(OCC)OCC)N1C(=O)OCc1ccccc1. The van der Waals surface area contributed by atoms with Gasteiger partial charge in [0.25, 0.3) is 0 Å². The number of nitrogens with zero attached hydrogens (tertiary/aromatic N) is 1. The van der Waals surface area contributed by atoms with Gasteiger partial charge in [0.1, 0.15) is 6.61 Å². The Kier molecular flexibility index (Phi) is 11.6. The maximum absolute atomic E-state index is 13.0. The molecule has 0 bridgehead atoms. The van der Waals surface area contributed by atoms with Crippen LogP contribution in [0.3, 0.4) is 0 Å². The van der Waals surface area contributed by atoms with Gasteiger partial charge in [0.05, 0.1) is 0 Å². The van der Waals surface area contributed by atoms with Gasteiger partial charge in [0, 0.05) is 31.7 Å². The molecule has 184 valence electrons. The Labute approximate surface area is 199 Å². The number of unbranched alkanes of at least 4 members (excludes halogenated alkanes) is 1. The topological polar surface area (TPSA) is 65.1 Å². The molecule has 0 radical (unpaired) electrons. The first-order valence-electron chi connectivity index (χ1n) is 12.5. The number of hydrogen-bond acceptors (Lipinski definition) is 5. The van der Waals surface area contributed by atoms with Crippen LogP contribution in [0.15, 0.2) is 42.5 Å². The Hall–Kier alpha value is -2.18. The maximum atomic E-state index is 13.0. The van der Waals surface area contributed by atoms with Gasteiger partial charge in [0.15, 0.2) is 0 Å². The highest BCUT2D eigenvalue weighted by molar-refractivity contribution is 5.95. The van der Waals surface area contributed by atoms with Crippen LogP contribution in [0, 0.1) is 0 Å². The zero-order valence-corrected chi connectivity index (χ0v) is 20.8. The minimum atomic E-state index is -1.23. The predicted octanol–water partition coefficient (Wildman–Crippen LogP) is 6.04. The van der Waals surface area contributed by atoms with Gasteiger partial charge in [0.2, 0.25) is 11.6 Å². The number of ketones is 1. The van der Waals surface area contributed by atoms with Crippen molar-refractivity contribution in [1.82, 2.24) is 4.90 Å². The summed E-state index contributed by atoms with van der Waals surface area (Å²) in [5.74, 6) is -1.42. The number of hydrogen-bond donors (Lipinski definition) is 0. The number of likely N-dealkylation sites (tertiary alicyclic amines) is 1. The predicted molar refractivity (Wildman–Crippen MR) is 130 cm³/mol. The van der Waals surface area contributed by atoms with Gasteiger partial charge in [-0.2, -0.15) is 0 Å². The molecule has 1 amide bonds. The van der Waals surface area contributed by atoms with E-state index in [2.05, 4.69) is 6.92 Å². The van der Waals surface area contributed by atoms with Gasteiger partial charge >= 0.3 is 6.09 Å². The number of benzene rings is 1. The van der Waals surface area contributed by atoms with E-state index in [1.54, 1.807) is 6.08 Å². The first-order valence-corrected chi connectivity index (χ1v) is 12.5. The quantitative estimate of drug-likeness (QED) is 0.251. The first kappa shape index (κ1) is 27.1. The van der Waals surface area contributed by atoms with Crippen LogP contribution in [0.2, 0.25) is 0 Å². The fourth-order valence-corrected chi connectivity index (χ4v) is 4.50. The molecule has 0 aromatic heterocycles. The molecule has 0 unspecified atom stereocenters. The summed E-state index contributed by atoms with van der Waals surface area (Å²) in [4.78, 5) is 27.8. The van der Waals surface area contributed by atoms with Crippen LogP contribution in [-0.4, -0.2) is 47.9 Å². The average Bonchev–Trinajstić information content (AvgIpc) is 3.24. The summed E-state index contributed by atoms with van der Waals surface area (Å²) in [6.45, 7) is 8.82. The number of rotatable bonds is 14. The van der Waals surface area contributed by atoms with Crippen molar-refractivity contribution in [2.75, 3.05) is 13.2 Å². The molecule has 1 aliphatic rings. The molecule has 0 saturated carbocycles. The lowest BCUT2D eigenvalue weighted by molar-refractivity contribution is -0.223. The molecular formula is C27H41NO5. The second kappa shape index (κ2) is 14.2. The minimum absolute atomic E-state index is 0.0226. The Morgan fingerprint density at radius 1 is 1.03 bits per heavy atom. The molecule has 1 aromatic carbocycles. The number of ether oxygens (including phenoxy) is 3. The van der Waals surface area contributed by atoms with Gasteiger partial charge in [-0.25, -0.2) is 4.79 Å². The van der Waals surface area contributed by atoms with Crippen molar-refractivity contribution in [3.63, 3.8) is 0 Å². The molecule has 1 aromatic rings. The van der Waals surface area contributed by atoms with Crippen molar-refractivity contribution in [2.24, 2.45) is 0 Å². The van der Waals surface area contributed by atoms with Crippen molar-refractivity contribution in [2.45, 2.75) is 97.1 Å². The third kappa shape index (κ3) is 7.68. The standard InChI is InChI=1S/C27H41NO5/c1-5-9-16-23-19-20-24(28(23)26(30)31-21-22-14-11-10-12-15-22)17-13-18-25(29)27(6-2,32-7-3)33-8-4/h10-15,18,23-24H,5-9,16-17,19-21H2,1-4H3/b18-13+/t23-,24-/m1/s1. The fourth-order valence-electron chi connectivity index (χ4n) is 4.50. The van der Waals surface area contributed by atoms with E-state index in [-0.39, 0.29) is 30.6 Å². The normalized spacial score (nSPS) is 18.7. The minimum Gasteiger partial charge on any atom is -0.445 e. The van der Waals surface area contributed by atoms with Gasteiger partial charge in [-0.1, -0.05) is 63.1 Å². The summed E-state index contributed by atoms with van der Waals surface area (Å²) in [6.07, 6.45) is 9.21. The van der Waals surface area contributed by atoms with Crippen LogP contribution in [0.25, 0.3) is 0 Å². The van der Waals surface area contributed by atoms with Crippen molar-refractivity contribution in [3.8, 4) is 0 Å². The summed E-state index contributed by atoms with van der Waals surface area (Å²) in [6, 6.07) is 9.94. The molecule has 1 heterocycles. The smallest absolute Gasteiger partial charge is 0.410 e. The average molecular weight is 460 g/mol. The molecule has 6 heteroatoms. The van der Waals surface area contributed by atoms with Crippen LogP contribution >= 0.6 is 0 Å². The van der Waals surface area contributed by atoms with E-state index in [9.17, 15) is 9.59 Å². The van der Waals surface area contributed by atoms with Crippen LogP contribution in [-0.2, 0) is 25.6 Å². The van der Waals surface area contributed by atoms with E-state index in [0.29, 0.717) is 26.1 Å². The summed E-state index contributed by atoms with van der Waals surface area (Å²) >= 11 is 0. The van der Waals surface area contributed by atoms with Gasteiger partial charge in [-0.05, 0) is 51.2 Å². The Bertz CT molecular complexity index is 742. The summed E-state index contributed by atoms with van der Waals surface area (Å²) in [5, 5.41) is 0. The number of carbonyl (C=O) groups excluding carboxylic acids is 2. The van der Waals surface area contributed by atoms with Gasteiger partial charge in [-0.15, -0.1) is 0 Å². The molecule has 0 N–H and O–H groups in total. The number of amides is 1. The Morgan fingerprint density at radius 3 is 2.30 bits per heavy atom. The molecule has 33 heavy (non-hydrogen) atoms. The third-order valence-corrected chi connectivity index (χ3v) is 6.20. The zero-order chi connectivity index (χ0) is 24.1. The molecule has 2 atom stereocenters. The van der Waals surface area contributed by atoms with Crippen LogP contribution in [0.1, 0.15) is 78.2 Å². The molecule has 0 spiro atoms. The van der Waals surface area contributed by atoms with Crippen molar-refractivity contribution in [1.29, 1.82) is 0 Å². The Morgan fingerprint density at radius 2 is 1.70 bits per heavy atom. The summed E-state index contributed by atoms with van der Waals surface area (Å²) < 4.78 is 17.1. The van der Waals surface area contributed by atoms with E-state index in [1.807, 2.05) is 62.1 Å². The third-order valence-electron chi connectivity index (χ3n) is 6.20. The van der Waals surface area contributed by atoms with Crippen molar-refractivity contribution in [3.05, 3.63) is 48.0 Å². The first-order chi connectivity index (χ1) is 16.0. The second-order valence-corrected chi connectivity index (χ2v) is 8.45. The second-order valence-electron chi connectivity index (χ2n) is 8.45. The van der Waals surface area contributed by atoms with E-state index in [0.717, 1.165) is 37.7 Å². The van der Waals surface area contributed by atoms with E-state index >= 15 is 0 Å². The highest BCUT2D eigenvalue weighted by Crippen LogP contribution is 2.31. The van der Waals surface area contributed by atoms with E-state index in [4.69, 9.17) is 14.2 Å². The van der Waals surface area contributed by atoms with E-state index < -0.39 is 5.79 Å². The molecule has 1 fully saturated rings. The lowest BCUT2D eigenvalue weighted by Crippen LogP contribution is -2.43. The van der Waals surface area contributed by atoms with Gasteiger partial charge < -0.3 is 19.1 Å². The largest absolute Gasteiger partial charge is 0.445 e. The molecular weight excluding hydrogens is 418 g/mol. The number of carbonyl (C=O) groups is 2. The fraction of sp³-hybridized carbons (Fsp3) is 0.630. The highest BCUT2D eigenvalue weighted by atomic mass is 16.7. The molecule has 0 aliphatic carbocycles. The lowest BCUT2D eigenvalue weighted by Gasteiger charge is -2.30. The molecule has 6 nitrogen and oxygen atoms in total. The van der Waals surface area contributed by atoms with E-state index in [1.165, 1.54) is 0 Å². The molecule has 2 rings (SSSR count). The highest BCUT2D eigenvalue weighted by Gasteiger charge is 2.38.